The van der Waals surface area contributed by atoms with Gasteiger partial charge in [0.05, 0.1) is 16.3 Å². The molecule has 1 saturated carbocycles. The standard InChI is InChI=1S/C23H23ClN2O2S/c1-26(23(28)21-20(24)17-12-6-8-14-19(17)29-21)18-13-7-5-11-16(18)22(27)25-15-9-3-2-4-10-15/h5-8,11-15H,2-4,9-10H2,1H3,(H,25,27). The first kappa shape index (κ1) is 19.9. The quantitative estimate of drug-likeness (QED) is 0.565. The number of para-hydroxylation sites is 1. The normalized spacial score (nSPS) is 14.7. The zero-order valence-corrected chi connectivity index (χ0v) is 17.9. The number of hydrogen-bond donors (Lipinski definition) is 1. The van der Waals surface area contributed by atoms with Crippen molar-refractivity contribution in [1.29, 1.82) is 0 Å². The average Bonchev–Trinajstić information content (AvgIpc) is 3.10. The van der Waals surface area contributed by atoms with Crippen LogP contribution in [0, 0.1) is 0 Å². The Balaban J connectivity index is 1.61. The van der Waals surface area contributed by atoms with Crippen LogP contribution in [0.15, 0.2) is 48.5 Å². The van der Waals surface area contributed by atoms with E-state index in [1.165, 1.54) is 22.7 Å². The first-order valence-electron chi connectivity index (χ1n) is 9.91. The Morgan fingerprint density at radius 2 is 1.72 bits per heavy atom. The van der Waals surface area contributed by atoms with Gasteiger partial charge in [-0.25, -0.2) is 0 Å². The minimum absolute atomic E-state index is 0.130. The second kappa shape index (κ2) is 8.56. The maximum atomic E-state index is 13.2. The highest BCUT2D eigenvalue weighted by molar-refractivity contribution is 7.21. The Labute approximate surface area is 179 Å². The summed E-state index contributed by atoms with van der Waals surface area (Å²) in [4.78, 5) is 28.2. The third-order valence-electron chi connectivity index (χ3n) is 5.48. The lowest BCUT2D eigenvalue weighted by Crippen LogP contribution is -2.37. The molecule has 0 atom stereocenters. The molecule has 29 heavy (non-hydrogen) atoms. The third kappa shape index (κ3) is 4.02. The number of rotatable bonds is 4. The van der Waals surface area contributed by atoms with Gasteiger partial charge in [-0.1, -0.05) is 61.2 Å². The number of anilines is 1. The van der Waals surface area contributed by atoms with E-state index in [2.05, 4.69) is 5.32 Å². The molecule has 0 bridgehead atoms. The SMILES string of the molecule is CN(C(=O)c1sc2ccccc2c1Cl)c1ccccc1C(=O)NC1CCCCC1. The smallest absolute Gasteiger partial charge is 0.269 e. The molecule has 1 aromatic heterocycles. The predicted molar refractivity (Wildman–Crippen MR) is 120 cm³/mol. The minimum atomic E-state index is -0.214. The Bertz CT molecular complexity index is 1060. The summed E-state index contributed by atoms with van der Waals surface area (Å²) in [6.45, 7) is 0. The van der Waals surface area contributed by atoms with Crippen LogP contribution in [0.2, 0.25) is 5.02 Å². The molecule has 4 nitrogen and oxygen atoms in total. The van der Waals surface area contributed by atoms with E-state index in [-0.39, 0.29) is 17.9 Å². The van der Waals surface area contributed by atoms with Crippen molar-refractivity contribution in [2.75, 3.05) is 11.9 Å². The van der Waals surface area contributed by atoms with Gasteiger partial charge < -0.3 is 10.2 Å². The zero-order chi connectivity index (χ0) is 20.4. The summed E-state index contributed by atoms with van der Waals surface area (Å²) in [6, 6.07) is 15.1. The first-order valence-corrected chi connectivity index (χ1v) is 11.1. The third-order valence-corrected chi connectivity index (χ3v) is 7.15. The van der Waals surface area contributed by atoms with Crippen LogP contribution in [0.25, 0.3) is 10.1 Å². The Hall–Kier alpha value is -2.37. The van der Waals surface area contributed by atoms with E-state index in [9.17, 15) is 9.59 Å². The van der Waals surface area contributed by atoms with Gasteiger partial charge in [-0.05, 0) is 31.0 Å². The van der Waals surface area contributed by atoms with Crippen molar-refractivity contribution in [3.05, 3.63) is 64.0 Å². The van der Waals surface area contributed by atoms with Crippen molar-refractivity contribution in [2.45, 2.75) is 38.1 Å². The molecule has 150 valence electrons. The average molecular weight is 427 g/mol. The lowest BCUT2D eigenvalue weighted by atomic mass is 9.95. The second-order valence-corrected chi connectivity index (χ2v) is 8.86. The first-order chi connectivity index (χ1) is 14.1. The molecule has 1 fully saturated rings. The summed E-state index contributed by atoms with van der Waals surface area (Å²) in [5.74, 6) is -0.344. The van der Waals surface area contributed by atoms with Crippen molar-refractivity contribution in [1.82, 2.24) is 5.32 Å². The molecule has 2 amide bonds. The number of amides is 2. The van der Waals surface area contributed by atoms with Crippen molar-refractivity contribution in [2.24, 2.45) is 0 Å². The highest BCUT2D eigenvalue weighted by Crippen LogP contribution is 2.36. The van der Waals surface area contributed by atoms with Crippen molar-refractivity contribution in [3.63, 3.8) is 0 Å². The molecule has 6 heteroatoms. The lowest BCUT2D eigenvalue weighted by Gasteiger charge is -2.25. The molecular weight excluding hydrogens is 404 g/mol. The lowest BCUT2D eigenvalue weighted by molar-refractivity contribution is 0.0928. The van der Waals surface area contributed by atoms with Crippen LogP contribution in [0.3, 0.4) is 0 Å². The van der Waals surface area contributed by atoms with Gasteiger partial charge in [0.1, 0.15) is 4.88 Å². The van der Waals surface area contributed by atoms with E-state index in [1.54, 1.807) is 19.2 Å². The largest absolute Gasteiger partial charge is 0.349 e. The van der Waals surface area contributed by atoms with Crippen molar-refractivity contribution >= 4 is 50.5 Å². The van der Waals surface area contributed by atoms with E-state index in [0.717, 1.165) is 35.8 Å². The molecule has 0 saturated heterocycles. The number of halogens is 1. The summed E-state index contributed by atoms with van der Waals surface area (Å²) >= 11 is 7.87. The van der Waals surface area contributed by atoms with E-state index in [0.29, 0.717) is 21.2 Å². The number of benzene rings is 2. The number of thiophene rings is 1. The number of hydrogen-bond acceptors (Lipinski definition) is 3. The fraction of sp³-hybridized carbons (Fsp3) is 0.304. The topological polar surface area (TPSA) is 49.4 Å². The molecule has 0 unspecified atom stereocenters. The van der Waals surface area contributed by atoms with Gasteiger partial charge in [-0.3, -0.25) is 9.59 Å². The van der Waals surface area contributed by atoms with Gasteiger partial charge in [0.2, 0.25) is 0 Å². The Morgan fingerprint density at radius 1 is 1.03 bits per heavy atom. The number of carbonyl (C=O) groups is 2. The van der Waals surface area contributed by atoms with Crippen molar-refractivity contribution < 1.29 is 9.59 Å². The number of nitrogens with one attached hydrogen (secondary N) is 1. The summed E-state index contributed by atoms with van der Waals surface area (Å²) in [5.41, 5.74) is 1.09. The molecule has 1 aliphatic rings. The van der Waals surface area contributed by atoms with Gasteiger partial charge in [0, 0.05) is 23.2 Å². The van der Waals surface area contributed by atoms with Crippen LogP contribution in [0.4, 0.5) is 5.69 Å². The van der Waals surface area contributed by atoms with Gasteiger partial charge >= 0.3 is 0 Å². The number of carbonyl (C=O) groups excluding carboxylic acids is 2. The van der Waals surface area contributed by atoms with Gasteiger partial charge in [-0.15, -0.1) is 11.3 Å². The number of nitrogens with zero attached hydrogens (tertiary/aromatic N) is 1. The molecule has 1 aliphatic carbocycles. The maximum Gasteiger partial charge on any atom is 0.269 e. The monoisotopic (exact) mass is 426 g/mol. The highest BCUT2D eigenvalue weighted by Gasteiger charge is 2.25. The molecule has 0 spiro atoms. The summed E-state index contributed by atoms with van der Waals surface area (Å²) in [7, 11) is 1.69. The van der Waals surface area contributed by atoms with E-state index in [1.807, 2.05) is 36.4 Å². The second-order valence-electron chi connectivity index (χ2n) is 7.43. The molecule has 0 radical (unpaired) electrons. The summed E-state index contributed by atoms with van der Waals surface area (Å²) in [6.07, 6.45) is 5.56. The van der Waals surface area contributed by atoms with Gasteiger partial charge in [0.15, 0.2) is 0 Å². The molecular formula is C23H23ClN2O2S. The van der Waals surface area contributed by atoms with Crippen LogP contribution in [0.1, 0.15) is 52.1 Å². The van der Waals surface area contributed by atoms with Crippen LogP contribution in [0.5, 0.6) is 0 Å². The van der Waals surface area contributed by atoms with E-state index in [4.69, 9.17) is 11.6 Å². The van der Waals surface area contributed by atoms with E-state index < -0.39 is 0 Å². The number of fused-ring (bicyclic) bond motifs is 1. The molecule has 2 aromatic carbocycles. The predicted octanol–water partition coefficient (Wildman–Crippen LogP) is 5.89. The maximum absolute atomic E-state index is 13.2. The molecule has 3 aromatic rings. The van der Waals surface area contributed by atoms with Crippen LogP contribution >= 0.6 is 22.9 Å². The van der Waals surface area contributed by atoms with Crippen LogP contribution < -0.4 is 10.2 Å². The molecule has 1 heterocycles. The summed E-state index contributed by atoms with van der Waals surface area (Å²) in [5, 5.41) is 4.48. The van der Waals surface area contributed by atoms with Crippen LogP contribution in [-0.2, 0) is 0 Å². The van der Waals surface area contributed by atoms with Gasteiger partial charge in [-0.2, -0.15) is 0 Å². The summed E-state index contributed by atoms with van der Waals surface area (Å²) < 4.78 is 0.970. The molecule has 0 aliphatic heterocycles. The zero-order valence-electron chi connectivity index (χ0n) is 16.3. The minimum Gasteiger partial charge on any atom is -0.349 e. The van der Waals surface area contributed by atoms with Crippen LogP contribution in [-0.4, -0.2) is 24.9 Å². The van der Waals surface area contributed by atoms with Crippen molar-refractivity contribution in [3.8, 4) is 0 Å². The highest BCUT2D eigenvalue weighted by atomic mass is 35.5. The fourth-order valence-corrected chi connectivity index (χ4v) is 5.37. The molecule has 1 N–H and O–H groups in total. The fourth-order valence-electron chi connectivity index (χ4n) is 3.88. The Kier molecular flexibility index (Phi) is 5.88. The molecule has 4 rings (SSSR count). The van der Waals surface area contributed by atoms with Gasteiger partial charge in [0.25, 0.3) is 11.8 Å². The Morgan fingerprint density at radius 3 is 2.48 bits per heavy atom. The van der Waals surface area contributed by atoms with E-state index >= 15 is 0 Å².